The van der Waals surface area contributed by atoms with Crippen molar-refractivity contribution in [3.05, 3.63) is 106 Å². The standard InChI is InChI=1S/C29H22ClN3O4S2/c1-16-12-20-13-19(10-11-22(20)37-16)25(34)23-24(18-8-5-9-21(30)14-18)33(27(36)26(23)35)28-31-32-29(39-28)38-15-17-6-3-2-4-7-17/h2-11,13-14,16,24,34H,12,15H2,1H3/b25-23+/t16-,24-/m0/s1. The van der Waals surface area contributed by atoms with E-state index in [1.54, 1.807) is 42.5 Å². The van der Waals surface area contributed by atoms with Gasteiger partial charge in [0.2, 0.25) is 5.13 Å². The number of amides is 1. The number of anilines is 1. The van der Waals surface area contributed by atoms with Gasteiger partial charge in [0, 0.05) is 22.8 Å². The number of carbonyl (C=O) groups is 2. The van der Waals surface area contributed by atoms with Gasteiger partial charge in [-0.05, 0) is 53.9 Å². The molecule has 1 N–H and O–H groups in total. The molecule has 1 fully saturated rings. The summed E-state index contributed by atoms with van der Waals surface area (Å²) in [5.41, 5.74) is 3.06. The maximum absolute atomic E-state index is 13.5. The summed E-state index contributed by atoms with van der Waals surface area (Å²) in [4.78, 5) is 28.2. The molecule has 0 saturated carbocycles. The SMILES string of the molecule is C[C@H]1Cc2cc(/C(O)=C3\C(=O)C(=O)N(c4nnc(SCc5ccccc5)s4)[C@H]3c3cccc(Cl)c3)ccc2O1. The first-order valence-electron chi connectivity index (χ1n) is 12.3. The predicted octanol–water partition coefficient (Wildman–Crippen LogP) is 6.43. The van der Waals surface area contributed by atoms with Crippen molar-refractivity contribution in [3.63, 3.8) is 0 Å². The minimum Gasteiger partial charge on any atom is -0.507 e. The molecule has 1 aromatic heterocycles. The van der Waals surface area contributed by atoms with E-state index in [9.17, 15) is 14.7 Å². The number of ether oxygens (including phenoxy) is 1. The van der Waals surface area contributed by atoms with Gasteiger partial charge >= 0.3 is 5.91 Å². The average molecular weight is 576 g/mol. The molecule has 3 heterocycles. The Morgan fingerprint density at radius 1 is 1.10 bits per heavy atom. The fraction of sp³-hybridized carbons (Fsp3) is 0.172. The van der Waals surface area contributed by atoms with Crippen molar-refractivity contribution in [2.45, 2.75) is 35.6 Å². The van der Waals surface area contributed by atoms with Gasteiger partial charge in [-0.15, -0.1) is 10.2 Å². The summed E-state index contributed by atoms with van der Waals surface area (Å²) >= 11 is 9.03. The van der Waals surface area contributed by atoms with Gasteiger partial charge in [-0.1, -0.05) is 77.2 Å². The lowest BCUT2D eigenvalue weighted by molar-refractivity contribution is -0.132. The van der Waals surface area contributed by atoms with Crippen LogP contribution in [-0.2, 0) is 21.8 Å². The van der Waals surface area contributed by atoms with Crippen molar-refractivity contribution in [2.75, 3.05) is 4.90 Å². The Morgan fingerprint density at radius 2 is 1.92 bits per heavy atom. The molecule has 2 atom stereocenters. The maximum Gasteiger partial charge on any atom is 0.301 e. The van der Waals surface area contributed by atoms with Crippen LogP contribution in [0.1, 0.15) is 35.2 Å². The van der Waals surface area contributed by atoms with E-state index in [2.05, 4.69) is 10.2 Å². The van der Waals surface area contributed by atoms with Crippen molar-refractivity contribution >= 4 is 57.3 Å². The highest BCUT2D eigenvalue weighted by atomic mass is 35.5. The number of Topliss-reactive ketones (excluding diaryl/α,β-unsaturated/α-hetero) is 1. The van der Waals surface area contributed by atoms with Crippen LogP contribution in [0.25, 0.3) is 5.76 Å². The summed E-state index contributed by atoms with van der Waals surface area (Å²) in [5, 5.41) is 20.7. The zero-order valence-electron chi connectivity index (χ0n) is 20.7. The Hall–Kier alpha value is -3.66. The van der Waals surface area contributed by atoms with Crippen molar-refractivity contribution in [1.29, 1.82) is 0 Å². The molecule has 10 heteroatoms. The van der Waals surface area contributed by atoms with E-state index in [4.69, 9.17) is 16.3 Å². The zero-order chi connectivity index (χ0) is 27.1. The number of nitrogens with zero attached hydrogens (tertiary/aromatic N) is 3. The molecule has 0 bridgehead atoms. The normalized spacial score (nSPS) is 19.8. The van der Waals surface area contributed by atoms with Gasteiger partial charge in [0.25, 0.3) is 5.78 Å². The van der Waals surface area contributed by atoms with Gasteiger partial charge in [0.1, 0.15) is 17.6 Å². The number of hydrogen-bond acceptors (Lipinski definition) is 8. The molecule has 6 rings (SSSR count). The Kier molecular flexibility index (Phi) is 6.88. The lowest BCUT2D eigenvalue weighted by Crippen LogP contribution is -2.29. The fourth-order valence-corrected chi connectivity index (χ4v) is 6.85. The smallest absolute Gasteiger partial charge is 0.301 e. The second-order valence-electron chi connectivity index (χ2n) is 9.30. The van der Waals surface area contributed by atoms with Gasteiger partial charge in [-0.3, -0.25) is 14.5 Å². The number of benzene rings is 3. The third-order valence-corrected chi connectivity index (χ3v) is 8.95. The predicted molar refractivity (Wildman–Crippen MR) is 152 cm³/mol. The summed E-state index contributed by atoms with van der Waals surface area (Å²) in [7, 11) is 0. The Labute approximate surface area is 238 Å². The van der Waals surface area contributed by atoms with Crippen LogP contribution in [0.5, 0.6) is 5.75 Å². The third kappa shape index (κ3) is 4.93. The van der Waals surface area contributed by atoms with Crippen molar-refractivity contribution in [1.82, 2.24) is 10.2 Å². The van der Waals surface area contributed by atoms with Crippen molar-refractivity contribution in [2.24, 2.45) is 0 Å². The molecule has 1 amide bonds. The number of hydrogen-bond donors (Lipinski definition) is 1. The van der Waals surface area contributed by atoms with Crippen LogP contribution in [-0.4, -0.2) is 33.1 Å². The summed E-state index contributed by atoms with van der Waals surface area (Å²) < 4.78 is 6.44. The number of carbonyl (C=O) groups excluding carboxylic acids is 2. The van der Waals surface area contributed by atoms with E-state index >= 15 is 0 Å². The van der Waals surface area contributed by atoms with Crippen LogP contribution in [0.4, 0.5) is 5.13 Å². The number of aliphatic hydroxyl groups is 1. The van der Waals surface area contributed by atoms with E-state index < -0.39 is 17.7 Å². The summed E-state index contributed by atoms with van der Waals surface area (Å²) in [6, 6.07) is 21.2. The van der Waals surface area contributed by atoms with Crippen LogP contribution >= 0.6 is 34.7 Å². The highest BCUT2D eigenvalue weighted by molar-refractivity contribution is 8.00. The molecule has 0 unspecified atom stereocenters. The summed E-state index contributed by atoms with van der Waals surface area (Å²) in [6.45, 7) is 1.97. The molecule has 3 aromatic carbocycles. The Balaban J connectivity index is 1.40. The third-order valence-electron chi connectivity index (χ3n) is 6.59. The molecule has 4 aromatic rings. The number of halogens is 1. The summed E-state index contributed by atoms with van der Waals surface area (Å²) in [5.74, 6) is -0.398. The van der Waals surface area contributed by atoms with E-state index in [1.165, 1.54) is 28.0 Å². The van der Waals surface area contributed by atoms with E-state index in [0.29, 0.717) is 32.7 Å². The number of aromatic nitrogens is 2. The molecule has 39 heavy (non-hydrogen) atoms. The maximum atomic E-state index is 13.5. The highest BCUT2D eigenvalue weighted by Gasteiger charge is 2.48. The zero-order valence-corrected chi connectivity index (χ0v) is 23.1. The number of aliphatic hydroxyl groups excluding tert-OH is 1. The van der Waals surface area contributed by atoms with Gasteiger partial charge < -0.3 is 9.84 Å². The minimum absolute atomic E-state index is 0.0251. The molecule has 0 spiro atoms. The molecule has 0 radical (unpaired) electrons. The van der Waals surface area contributed by atoms with E-state index in [1.807, 2.05) is 37.3 Å². The van der Waals surface area contributed by atoms with Crippen molar-refractivity contribution in [3.8, 4) is 5.75 Å². The fourth-order valence-electron chi connectivity index (χ4n) is 4.82. The molecular formula is C29H22ClN3O4S2. The van der Waals surface area contributed by atoms with Crippen LogP contribution < -0.4 is 9.64 Å². The monoisotopic (exact) mass is 575 g/mol. The molecule has 2 aliphatic rings. The molecule has 7 nitrogen and oxygen atoms in total. The Morgan fingerprint density at radius 3 is 2.72 bits per heavy atom. The molecular weight excluding hydrogens is 554 g/mol. The molecule has 0 aliphatic carbocycles. The van der Waals surface area contributed by atoms with Crippen molar-refractivity contribution < 1.29 is 19.4 Å². The van der Waals surface area contributed by atoms with Crippen LogP contribution in [0.3, 0.4) is 0 Å². The van der Waals surface area contributed by atoms with E-state index in [0.717, 1.165) is 16.9 Å². The van der Waals surface area contributed by atoms with Gasteiger partial charge in [0.15, 0.2) is 4.34 Å². The quantitative estimate of drug-likeness (QED) is 0.0930. The highest BCUT2D eigenvalue weighted by Crippen LogP contribution is 2.45. The van der Waals surface area contributed by atoms with Crippen LogP contribution in [0.2, 0.25) is 5.02 Å². The van der Waals surface area contributed by atoms with Gasteiger partial charge in [0.05, 0.1) is 11.6 Å². The topological polar surface area (TPSA) is 92.6 Å². The van der Waals surface area contributed by atoms with Gasteiger partial charge in [-0.25, -0.2) is 0 Å². The van der Waals surface area contributed by atoms with Gasteiger partial charge in [-0.2, -0.15) is 0 Å². The largest absolute Gasteiger partial charge is 0.507 e. The number of ketones is 1. The van der Waals surface area contributed by atoms with E-state index in [-0.39, 0.29) is 22.6 Å². The second-order valence-corrected chi connectivity index (χ2v) is 11.9. The van der Waals surface area contributed by atoms with Crippen LogP contribution in [0.15, 0.2) is 82.7 Å². The lowest BCUT2D eigenvalue weighted by atomic mass is 9.94. The molecule has 196 valence electrons. The summed E-state index contributed by atoms with van der Waals surface area (Å²) in [6.07, 6.45) is 0.720. The molecule has 2 aliphatic heterocycles. The number of rotatable bonds is 6. The second kappa shape index (κ2) is 10.5. The average Bonchev–Trinajstić information content (AvgIpc) is 3.62. The number of thioether (sulfide) groups is 1. The molecule has 1 saturated heterocycles. The first kappa shape index (κ1) is 25.6. The Bertz CT molecular complexity index is 1620. The van der Waals surface area contributed by atoms with Crippen LogP contribution in [0, 0.1) is 0 Å². The first-order chi connectivity index (χ1) is 18.9. The first-order valence-corrected chi connectivity index (χ1v) is 14.4. The lowest BCUT2D eigenvalue weighted by Gasteiger charge is -2.22. The minimum atomic E-state index is -0.924. The number of fused-ring (bicyclic) bond motifs is 1.